The molecule has 0 radical (unpaired) electrons. The number of nitrogens with one attached hydrogen (secondary N) is 4. The molecule has 1 aromatic rings. The van der Waals surface area contributed by atoms with Gasteiger partial charge in [-0.3, -0.25) is 25.3 Å². The predicted molar refractivity (Wildman–Crippen MR) is 154 cm³/mol. The summed E-state index contributed by atoms with van der Waals surface area (Å²) in [6.07, 6.45) is 13.0. The van der Waals surface area contributed by atoms with E-state index < -0.39 is 6.04 Å². The van der Waals surface area contributed by atoms with Gasteiger partial charge in [-0.15, -0.1) is 0 Å². The first-order valence-electron chi connectivity index (χ1n) is 13.1. The van der Waals surface area contributed by atoms with Crippen LogP contribution in [0.5, 0.6) is 0 Å². The van der Waals surface area contributed by atoms with Crippen LogP contribution < -0.4 is 21.5 Å². The molecule has 4 N–H and O–H groups in total. The van der Waals surface area contributed by atoms with Gasteiger partial charge in [0.1, 0.15) is 5.71 Å². The van der Waals surface area contributed by atoms with Crippen molar-refractivity contribution in [3.63, 3.8) is 0 Å². The summed E-state index contributed by atoms with van der Waals surface area (Å²) < 4.78 is 0. The van der Waals surface area contributed by atoms with Crippen LogP contribution in [0, 0.1) is 0 Å². The highest BCUT2D eigenvalue weighted by Gasteiger charge is 2.39. The number of carbonyl (C=O) groups is 2. The third-order valence-electron chi connectivity index (χ3n) is 7.17. The minimum absolute atomic E-state index is 0.319. The molecule has 37 heavy (non-hydrogen) atoms. The quantitative estimate of drug-likeness (QED) is 0.179. The van der Waals surface area contributed by atoms with Crippen molar-refractivity contribution >= 4 is 58.4 Å². The number of hydrazone groups is 2. The SMILES string of the molecule is CC(C(/C=N/NC(=S)NC1CCCCC1)=N\NC(=S)NC1CCCCC1)N1C(=O)c2ccccc2C1=O. The minimum Gasteiger partial charge on any atom is -0.359 e. The number of carbonyl (C=O) groups excluding carboxylic acids is 2. The van der Waals surface area contributed by atoms with E-state index in [0.717, 1.165) is 25.7 Å². The van der Waals surface area contributed by atoms with Crippen LogP contribution in [0.15, 0.2) is 34.5 Å². The smallest absolute Gasteiger partial charge is 0.262 e. The molecule has 3 aliphatic rings. The topological polar surface area (TPSA) is 110 Å². The molecule has 2 aliphatic carbocycles. The number of nitrogens with zero attached hydrogens (tertiary/aromatic N) is 3. The molecule has 1 aromatic carbocycles. The maximum absolute atomic E-state index is 13.1. The van der Waals surface area contributed by atoms with E-state index in [1.54, 1.807) is 31.2 Å². The van der Waals surface area contributed by atoms with Gasteiger partial charge in [0.05, 0.1) is 23.4 Å². The summed E-state index contributed by atoms with van der Waals surface area (Å²) in [7, 11) is 0. The Balaban J connectivity index is 1.45. The number of thiocarbonyl (C=S) groups is 2. The van der Waals surface area contributed by atoms with E-state index in [2.05, 4.69) is 31.7 Å². The Morgan fingerprint density at radius 1 is 0.865 bits per heavy atom. The lowest BCUT2D eigenvalue weighted by Crippen LogP contribution is -2.46. The molecule has 9 nitrogen and oxygen atoms in total. The van der Waals surface area contributed by atoms with Crippen LogP contribution in [0.2, 0.25) is 0 Å². The Morgan fingerprint density at radius 2 is 1.35 bits per heavy atom. The molecular formula is C26H35N7O2S2. The summed E-state index contributed by atoms with van der Waals surface area (Å²) in [6.45, 7) is 1.74. The van der Waals surface area contributed by atoms with E-state index in [9.17, 15) is 9.59 Å². The fraction of sp³-hybridized carbons (Fsp3) is 0.538. The third-order valence-corrected chi connectivity index (χ3v) is 7.59. The van der Waals surface area contributed by atoms with E-state index in [1.165, 1.54) is 49.6 Å². The summed E-state index contributed by atoms with van der Waals surface area (Å²) in [6, 6.07) is 6.78. The number of imide groups is 1. The first kappa shape index (κ1) is 27.1. The van der Waals surface area contributed by atoms with Gasteiger partial charge in [0.25, 0.3) is 11.8 Å². The molecule has 2 saturated carbocycles. The molecule has 0 bridgehead atoms. The van der Waals surface area contributed by atoms with E-state index in [1.807, 2.05) is 0 Å². The summed E-state index contributed by atoms with van der Waals surface area (Å²) in [4.78, 5) is 27.3. The van der Waals surface area contributed by atoms with Crippen molar-refractivity contribution in [2.45, 2.75) is 89.3 Å². The number of hydrogen-bond donors (Lipinski definition) is 4. The Morgan fingerprint density at radius 3 is 1.86 bits per heavy atom. The van der Waals surface area contributed by atoms with Gasteiger partial charge in [-0.1, -0.05) is 50.7 Å². The lowest BCUT2D eigenvalue weighted by atomic mass is 9.96. The second-order valence-electron chi connectivity index (χ2n) is 9.84. The van der Waals surface area contributed by atoms with Gasteiger partial charge in [0.15, 0.2) is 10.2 Å². The summed E-state index contributed by atoms with van der Waals surface area (Å²) in [5.41, 5.74) is 6.85. The number of fused-ring (bicyclic) bond motifs is 1. The molecule has 11 heteroatoms. The zero-order valence-corrected chi connectivity index (χ0v) is 22.8. The minimum atomic E-state index is -0.692. The molecule has 198 valence electrons. The van der Waals surface area contributed by atoms with Crippen molar-refractivity contribution < 1.29 is 9.59 Å². The zero-order chi connectivity index (χ0) is 26.2. The standard InChI is InChI=1S/C26H35N7O2S2/c1-17(33-23(34)20-14-8-9-15-21(20)24(33)35)22(30-32-26(37)29-19-12-6-3-7-13-19)16-27-31-25(36)28-18-10-4-2-5-11-18/h8-9,14-19H,2-7,10-13H2,1H3,(H2,28,31,36)(H2,29,32,37)/b27-16+,30-22-. The van der Waals surface area contributed by atoms with Crippen molar-refractivity contribution in [2.24, 2.45) is 10.2 Å². The van der Waals surface area contributed by atoms with Gasteiger partial charge in [-0.2, -0.15) is 10.2 Å². The first-order valence-corrected chi connectivity index (χ1v) is 14.0. The molecule has 0 spiro atoms. The lowest BCUT2D eigenvalue weighted by Gasteiger charge is -2.25. The molecule has 1 atom stereocenters. The third kappa shape index (κ3) is 7.10. The fourth-order valence-electron chi connectivity index (χ4n) is 5.12. The Bertz CT molecular complexity index is 1040. The Hall–Kier alpha value is -2.92. The van der Waals surface area contributed by atoms with Crippen molar-refractivity contribution in [3.05, 3.63) is 35.4 Å². The van der Waals surface area contributed by atoms with Gasteiger partial charge in [0.2, 0.25) is 0 Å². The molecule has 1 heterocycles. The van der Waals surface area contributed by atoms with Crippen LogP contribution >= 0.6 is 24.4 Å². The van der Waals surface area contributed by atoms with Crippen molar-refractivity contribution in [1.29, 1.82) is 0 Å². The summed E-state index contributed by atoms with van der Waals surface area (Å²) in [5, 5.41) is 16.1. The molecule has 2 fully saturated rings. The average Bonchev–Trinajstić information content (AvgIpc) is 3.16. The van der Waals surface area contributed by atoms with Gasteiger partial charge in [-0.05, 0) is 69.2 Å². The lowest BCUT2D eigenvalue weighted by molar-refractivity contribution is 0.0636. The fourth-order valence-corrected chi connectivity index (χ4v) is 5.56. The van der Waals surface area contributed by atoms with Crippen LogP contribution in [-0.4, -0.2) is 57.0 Å². The van der Waals surface area contributed by atoms with Crippen LogP contribution in [0.1, 0.15) is 91.8 Å². The predicted octanol–water partition coefficient (Wildman–Crippen LogP) is 3.61. The summed E-state index contributed by atoms with van der Waals surface area (Å²) in [5.74, 6) is -0.723. The first-order chi connectivity index (χ1) is 17.9. The molecule has 0 aromatic heterocycles. The number of rotatable bonds is 7. The number of benzene rings is 1. The second-order valence-corrected chi connectivity index (χ2v) is 10.7. The van der Waals surface area contributed by atoms with Gasteiger partial charge >= 0.3 is 0 Å². The van der Waals surface area contributed by atoms with E-state index >= 15 is 0 Å². The molecule has 0 saturated heterocycles. The largest absolute Gasteiger partial charge is 0.359 e. The number of hydrogen-bond acceptors (Lipinski definition) is 6. The van der Waals surface area contributed by atoms with Gasteiger partial charge < -0.3 is 10.6 Å². The van der Waals surface area contributed by atoms with Crippen LogP contribution in [0.4, 0.5) is 0 Å². The molecule has 4 rings (SSSR count). The normalized spacial score (nSPS) is 20.0. The van der Waals surface area contributed by atoms with E-state index in [-0.39, 0.29) is 11.8 Å². The number of amides is 2. The Labute approximate surface area is 228 Å². The highest BCUT2D eigenvalue weighted by atomic mass is 32.1. The monoisotopic (exact) mass is 541 g/mol. The van der Waals surface area contributed by atoms with Crippen molar-refractivity contribution in [3.8, 4) is 0 Å². The van der Waals surface area contributed by atoms with Crippen LogP contribution in [0.25, 0.3) is 0 Å². The second kappa shape index (κ2) is 13.0. The average molecular weight is 542 g/mol. The molecule has 1 unspecified atom stereocenters. The van der Waals surface area contributed by atoms with Crippen LogP contribution in [0.3, 0.4) is 0 Å². The van der Waals surface area contributed by atoms with Crippen LogP contribution in [-0.2, 0) is 0 Å². The zero-order valence-electron chi connectivity index (χ0n) is 21.2. The van der Waals surface area contributed by atoms with Gasteiger partial charge in [-0.25, -0.2) is 0 Å². The highest BCUT2D eigenvalue weighted by Crippen LogP contribution is 2.25. The maximum atomic E-state index is 13.1. The van der Waals surface area contributed by atoms with E-state index in [0.29, 0.717) is 39.1 Å². The molecule has 1 aliphatic heterocycles. The van der Waals surface area contributed by atoms with Crippen molar-refractivity contribution in [2.75, 3.05) is 0 Å². The Kier molecular flexibility index (Phi) is 9.56. The van der Waals surface area contributed by atoms with Crippen molar-refractivity contribution in [1.82, 2.24) is 26.4 Å². The highest BCUT2D eigenvalue weighted by molar-refractivity contribution is 7.80. The van der Waals surface area contributed by atoms with Gasteiger partial charge in [0, 0.05) is 12.1 Å². The van der Waals surface area contributed by atoms with E-state index in [4.69, 9.17) is 24.4 Å². The molecular weight excluding hydrogens is 506 g/mol. The molecule has 2 amide bonds. The summed E-state index contributed by atoms with van der Waals surface area (Å²) >= 11 is 10.9. The maximum Gasteiger partial charge on any atom is 0.262 e.